The molecule has 0 fully saturated rings. The van der Waals surface area contributed by atoms with Gasteiger partial charge >= 0.3 is 17.9 Å². The number of ether oxygens (including phenoxy) is 3. The van der Waals surface area contributed by atoms with Crippen LogP contribution in [0.2, 0.25) is 0 Å². The smallest absolute Gasteiger partial charge is 0.311 e. The highest BCUT2D eigenvalue weighted by Crippen LogP contribution is 2.28. The molecule has 7 heteroatoms. The average Bonchev–Trinajstić information content (AvgIpc) is 3.09. The molecule has 0 atom stereocenters. The predicted octanol–water partition coefficient (Wildman–Crippen LogP) is 12.1. The maximum atomic E-state index is 12.8. The molecule has 0 amide bonds. The normalized spacial score (nSPS) is 12.4. The summed E-state index contributed by atoms with van der Waals surface area (Å²) >= 11 is 0. The summed E-state index contributed by atoms with van der Waals surface area (Å²) < 4.78 is 17.2. The van der Waals surface area contributed by atoms with E-state index in [-0.39, 0.29) is 24.0 Å². The first-order valence-corrected chi connectivity index (χ1v) is 21.3. The molecule has 0 unspecified atom stereocenters. The lowest BCUT2D eigenvalue weighted by Gasteiger charge is -2.23. The van der Waals surface area contributed by atoms with Crippen LogP contribution < -0.4 is 0 Å². The Hall–Kier alpha value is -2.15. The Morgan fingerprint density at radius 1 is 0.558 bits per heavy atom. The van der Waals surface area contributed by atoms with E-state index in [1.807, 2.05) is 41.8 Å². The Labute approximate surface area is 321 Å². The zero-order chi connectivity index (χ0) is 38.9. The molecule has 0 radical (unpaired) electrons. The van der Waals surface area contributed by atoms with Gasteiger partial charge in [-0.05, 0) is 145 Å². The summed E-state index contributed by atoms with van der Waals surface area (Å²) in [6.07, 6.45) is 32.4. The van der Waals surface area contributed by atoms with E-state index in [2.05, 4.69) is 43.1 Å². The number of rotatable bonds is 35. The first-order valence-electron chi connectivity index (χ1n) is 21.3. The largest absolute Gasteiger partial charge is 0.465 e. The molecule has 0 saturated carbocycles. The summed E-state index contributed by atoms with van der Waals surface area (Å²) in [7, 11) is 4.03. The average molecular weight is 734 g/mol. The van der Waals surface area contributed by atoms with E-state index in [0.717, 1.165) is 129 Å². The van der Waals surface area contributed by atoms with Crippen LogP contribution in [0.15, 0.2) is 24.3 Å². The molecule has 0 saturated heterocycles. The van der Waals surface area contributed by atoms with E-state index in [0.29, 0.717) is 19.6 Å². The van der Waals surface area contributed by atoms with Crippen molar-refractivity contribution in [3.63, 3.8) is 0 Å². The second-order valence-electron chi connectivity index (χ2n) is 16.5. The lowest BCUT2D eigenvalue weighted by Crippen LogP contribution is -2.27. The Morgan fingerprint density at radius 3 is 1.38 bits per heavy atom. The van der Waals surface area contributed by atoms with Crippen LogP contribution in [-0.4, -0.2) is 62.8 Å². The molecular weight excluding hydrogens is 650 g/mol. The SMILES string of the molecule is CCCC/C=C\CCCCOC(=O)C(C)(C)CCCCCC(CCCCCC(C)(C)C(=O)OCCCC/C=C\CCCC)OC(=O)CCCN(C)C. The fraction of sp³-hybridized carbons (Fsp3) is 0.844. The number of carbonyl (C=O) groups excluding carboxylic acids is 3. The van der Waals surface area contributed by atoms with E-state index < -0.39 is 10.8 Å². The van der Waals surface area contributed by atoms with Crippen molar-refractivity contribution in [2.45, 2.75) is 202 Å². The minimum atomic E-state index is -0.496. The highest BCUT2D eigenvalue weighted by atomic mass is 16.5. The standard InChI is InChI=1S/C45H83NO6/c1-9-11-13-15-17-19-21-29-38-50-42(48)44(3,4)35-27-23-25-32-40(52-41(47)34-31-37-46(7)8)33-26-24-28-36-45(5,6)43(49)51-39-30-22-20-18-16-14-12-10-2/h15-18,40H,9-14,19-39H2,1-8H3/b17-15-,18-16-. The number of hydrogen-bond donors (Lipinski definition) is 0. The molecule has 0 N–H and O–H groups in total. The first-order chi connectivity index (χ1) is 24.9. The third-order valence-electron chi connectivity index (χ3n) is 9.82. The topological polar surface area (TPSA) is 82.1 Å². The highest BCUT2D eigenvalue weighted by Gasteiger charge is 2.29. The fourth-order valence-corrected chi connectivity index (χ4v) is 6.05. The number of esters is 3. The van der Waals surface area contributed by atoms with Gasteiger partial charge in [-0.2, -0.15) is 0 Å². The molecule has 304 valence electrons. The molecule has 0 aromatic rings. The summed E-state index contributed by atoms with van der Waals surface area (Å²) in [6.45, 7) is 14.2. The van der Waals surface area contributed by atoms with Crippen LogP contribution in [0, 0.1) is 10.8 Å². The van der Waals surface area contributed by atoms with Gasteiger partial charge in [-0.25, -0.2) is 0 Å². The van der Waals surface area contributed by atoms with Gasteiger partial charge in [-0.1, -0.05) is 89.5 Å². The van der Waals surface area contributed by atoms with Crippen molar-refractivity contribution in [2.75, 3.05) is 33.9 Å². The van der Waals surface area contributed by atoms with Crippen molar-refractivity contribution in [3.05, 3.63) is 24.3 Å². The Kier molecular flexibility index (Phi) is 31.0. The van der Waals surface area contributed by atoms with E-state index in [4.69, 9.17) is 14.2 Å². The van der Waals surface area contributed by atoms with Crippen LogP contribution in [0.5, 0.6) is 0 Å². The van der Waals surface area contributed by atoms with Gasteiger partial charge in [-0.3, -0.25) is 14.4 Å². The molecule has 0 rings (SSSR count). The molecule has 0 aliphatic carbocycles. The Morgan fingerprint density at radius 2 is 0.981 bits per heavy atom. The minimum Gasteiger partial charge on any atom is -0.465 e. The second-order valence-corrected chi connectivity index (χ2v) is 16.5. The van der Waals surface area contributed by atoms with Crippen LogP contribution >= 0.6 is 0 Å². The molecule has 0 heterocycles. The fourth-order valence-electron chi connectivity index (χ4n) is 6.05. The van der Waals surface area contributed by atoms with E-state index in [1.165, 1.54) is 25.7 Å². The molecule has 0 spiro atoms. The summed E-state index contributed by atoms with van der Waals surface area (Å²) in [6, 6.07) is 0. The van der Waals surface area contributed by atoms with E-state index >= 15 is 0 Å². The van der Waals surface area contributed by atoms with Gasteiger partial charge in [0.2, 0.25) is 0 Å². The molecule has 0 aromatic heterocycles. The third kappa shape index (κ3) is 29.3. The summed E-state index contributed by atoms with van der Waals surface area (Å²) in [5.41, 5.74) is -0.993. The van der Waals surface area contributed by atoms with Crippen LogP contribution in [0.25, 0.3) is 0 Å². The zero-order valence-corrected chi connectivity index (χ0v) is 35.4. The molecule has 0 aliphatic heterocycles. The Bertz CT molecular complexity index is 891. The Balaban J connectivity index is 4.54. The number of unbranched alkanes of at least 4 members (excludes halogenated alkanes) is 12. The second kappa shape index (κ2) is 32.3. The van der Waals surface area contributed by atoms with Gasteiger partial charge in [0.1, 0.15) is 6.10 Å². The molecular formula is C45H83NO6. The van der Waals surface area contributed by atoms with Crippen molar-refractivity contribution in [1.29, 1.82) is 0 Å². The van der Waals surface area contributed by atoms with Gasteiger partial charge < -0.3 is 19.1 Å². The van der Waals surface area contributed by atoms with Gasteiger partial charge in [-0.15, -0.1) is 0 Å². The zero-order valence-electron chi connectivity index (χ0n) is 35.4. The maximum absolute atomic E-state index is 12.8. The van der Waals surface area contributed by atoms with E-state index in [9.17, 15) is 14.4 Å². The highest BCUT2D eigenvalue weighted by molar-refractivity contribution is 5.76. The van der Waals surface area contributed by atoms with Gasteiger partial charge in [0.15, 0.2) is 0 Å². The number of hydrogen-bond acceptors (Lipinski definition) is 7. The van der Waals surface area contributed by atoms with Gasteiger partial charge in [0.25, 0.3) is 0 Å². The van der Waals surface area contributed by atoms with Crippen LogP contribution in [0.3, 0.4) is 0 Å². The van der Waals surface area contributed by atoms with Gasteiger partial charge in [0, 0.05) is 6.42 Å². The number of allylic oxidation sites excluding steroid dienone is 4. The van der Waals surface area contributed by atoms with Crippen LogP contribution in [-0.2, 0) is 28.6 Å². The lowest BCUT2D eigenvalue weighted by molar-refractivity contribution is -0.155. The van der Waals surface area contributed by atoms with Crippen molar-refractivity contribution in [2.24, 2.45) is 10.8 Å². The first kappa shape index (κ1) is 49.9. The maximum Gasteiger partial charge on any atom is 0.311 e. The minimum absolute atomic E-state index is 0.0919. The summed E-state index contributed by atoms with van der Waals surface area (Å²) in [4.78, 5) is 40.3. The van der Waals surface area contributed by atoms with Crippen molar-refractivity contribution < 1.29 is 28.6 Å². The van der Waals surface area contributed by atoms with Crippen molar-refractivity contribution in [3.8, 4) is 0 Å². The van der Waals surface area contributed by atoms with Crippen molar-refractivity contribution in [1.82, 2.24) is 4.90 Å². The monoisotopic (exact) mass is 734 g/mol. The van der Waals surface area contributed by atoms with Gasteiger partial charge in [0.05, 0.1) is 24.0 Å². The number of carbonyl (C=O) groups is 3. The lowest BCUT2D eigenvalue weighted by atomic mass is 9.86. The van der Waals surface area contributed by atoms with E-state index in [1.54, 1.807) is 0 Å². The third-order valence-corrected chi connectivity index (χ3v) is 9.82. The molecule has 0 bridgehead atoms. The quantitative estimate of drug-likeness (QED) is 0.0277. The predicted molar refractivity (Wildman–Crippen MR) is 218 cm³/mol. The molecule has 7 nitrogen and oxygen atoms in total. The summed E-state index contributed by atoms with van der Waals surface area (Å²) in [5, 5.41) is 0. The number of nitrogens with zero attached hydrogens (tertiary/aromatic N) is 1. The van der Waals surface area contributed by atoms with Crippen LogP contribution in [0.4, 0.5) is 0 Å². The molecule has 52 heavy (non-hydrogen) atoms. The van der Waals surface area contributed by atoms with Crippen LogP contribution in [0.1, 0.15) is 196 Å². The molecule has 0 aromatic carbocycles. The summed E-state index contributed by atoms with van der Waals surface area (Å²) in [5.74, 6) is -0.319. The van der Waals surface area contributed by atoms with Crippen molar-refractivity contribution >= 4 is 17.9 Å². The molecule has 0 aliphatic rings.